The van der Waals surface area contributed by atoms with Gasteiger partial charge in [0.1, 0.15) is 5.76 Å². The molecule has 0 spiro atoms. The molecule has 4 rings (SSSR count). The molecule has 0 aliphatic carbocycles. The van der Waals surface area contributed by atoms with Crippen molar-refractivity contribution in [1.82, 2.24) is 10.2 Å². The molecule has 1 aromatic carbocycles. The number of carbonyl (C=O) groups excluding carboxylic acids is 1. The average Bonchev–Trinajstić information content (AvgIpc) is 3.16. The van der Waals surface area contributed by atoms with Gasteiger partial charge in [-0.25, -0.2) is 0 Å². The van der Waals surface area contributed by atoms with E-state index >= 15 is 0 Å². The molecule has 4 heteroatoms. The van der Waals surface area contributed by atoms with Crippen LogP contribution in [0.15, 0.2) is 53.1 Å². The van der Waals surface area contributed by atoms with Gasteiger partial charge in [-0.2, -0.15) is 0 Å². The summed E-state index contributed by atoms with van der Waals surface area (Å²) in [6, 6.07) is 14.9. The highest BCUT2D eigenvalue weighted by Crippen LogP contribution is 2.36. The van der Waals surface area contributed by atoms with E-state index in [0.717, 1.165) is 30.7 Å². The third-order valence-electron chi connectivity index (χ3n) is 5.17. The van der Waals surface area contributed by atoms with Gasteiger partial charge in [0.05, 0.1) is 12.8 Å². The summed E-state index contributed by atoms with van der Waals surface area (Å²) >= 11 is 0. The maximum atomic E-state index is 12.3. The van der Waals surface area contributed by atoms with Crippen LogP contribution in [0.25, 0.3) is 0 Å². The van der Waals surface area contributed by atoms with Crippen molar-refractivity contribution in [3.63, 3.8) is 0 Å². The van der Waals surface area contributed by atoms with Crippen molar-refractivity contribution in [2.45, 2.75) is 50.4 Å². The van der Waals surface area contributed by atoms with E-state index in [1.807, 2.05) is 42.5 Å². The number of hydrogen-bond acceptors (Lipinski definition) is 3. The molecule has 0 saturated carbocycles. The predicted octanol–water partition coefficient (Wildman–Crippen LogP) is 3.21. The molecular weight excluding hydrogens is 288 g/mol. The molecule has 2 aliphatic rings. The summed E-state index contributed by atoms with van der Waals surface area (Å²) < 4.78 is 5.50. The lowest BCUT2D eigenvalue weighted by Crippen LogP contribution is -2.49. The fourth-order valence-electron chi connectivity index (χ4n) is 4.09. The number of nitrogens with one attached hydrogen (secondary N) is 1. The molecule has 0 radical (unpaired) electrons. The highest BCUT2D eigenvalue weighted by molar-refractivity contribution is 5.94. The standard InChI is InChI=1S/C19H22N2O2/c22-19(14-5-2-1-3-6-14)20-15-11-16-8-9-17(12-15)21(16)13-18-7-4-10-23-18/h1-7,10,15-17H,8-9,11-13H2,(H,20,22)/t15?,16-,17+. The van der Waals surface area contributed by atoms with E-state index in [2.05, 4.69) is 10.2 Å². The monoisotopic (exact) mass is 310 g/mol. The van der Waals surface area contributed by atoms with Crippen LogP contribution in [0.2, 0.25) is 0 Å². The van der Waals surface area contributed by atoms with Gasteiger partial charge in [0.2, 0.25) is 0 Å². The molecule has 2 aliphatic heterocycles. The molecule has 120 valence electrons. The Morgan fingerprint density at radius 1 is 1.09 bits per heavy atom. The summed E-state index contributed by atoms with van der Waals surface area (Å²) in [5.41, 5.74) is 0.748. The molecule has 3 heterocycles. The van der Waals surface area contributed by atoms with Crippen LogP contribution >= 0.6 is 0 Å². The van der Waals surface area contributed by atoms with E-state index in [0.29, 0.717) is 12.1 Å². The highest BCUT2D eigenvalue weighted by atomic mass is 16.3. The van der Waals surface area contributed by atoms with Crippen molar-refractivity contribution in [2.75, 3.05) is 0 Å². The molecule has 2 bridgehead atoms. The summed E-state index contributed by atoms with van der Waals surface area (Å²) in [6.45, 7) is 0.891. The van der Waals surface area contributed by atoms with Gasteiger partial charge < -0.3 is 9.73 Å². The van der Waals surface area contributed by atoms with Crippen molar-refractivity contribution in [3.05, 3.63) is 60.1 Å². The summed E-state index contributed by atoms with van der Waals surface area (Å²) in [5, 5.41) is 3.23. The molecule has 1 N–H and O–H groups in total. The maximum Gasteiger partial charge on any atom is 0.251 e. The first-order chi connectivity index (χ1) is 11.3. The van der Waals surface area contributed by atoms with Gasteiger partial charge in [-0.05, 0) is 49.9 Å². The Morgan fingerprint density at radius 3 is 2.48 bits per heavy atom. The highest BCUT2D eigenvalue weighted by Gasteiger charge is 2.41. The quantitative estimate of drug-likeness (QED) is 0.943. The molecule has 23 heavy (non-hydrogen) atoms. The third kappa shape index (κ3) is 3.04. The maximum absolute atomic E-state index is 12.3. The number of furan rings is 1. The van der Waals surface area contributed by atoms with Crippen LogP contribution in [0, 0.1) is 0 Å². The lowest BCUT2D eigenvalue weighted by Gasteiger charge is -2.38. The largest absolute Gasteiger partial charge is 0.468 e. The van der Waals surface area contributed by atoms with E-state index in [9.17, 15) is 4.79 Å². The van der Waals surface area contributed by atoms with Crippen LogP contribution in [0.3, 0.4) is 0 Å². The Labute approximate surface area is 136 Å². The second-order valence-corrected chi connectivity index (χ2v) is 6.64. The number of hydrogen-bond donors (Lipinski definition) is 1. The predicted molar refractivity (Wildman–Crippen MR) is 88.0 cm³/mol. The van der Waals surface area contributed by atoms with Crippen LogP contribution in [-0.2, 0) is 6.54 Å². The lowest BCUT2D eigenvalue weighted by atomic mass is 9.96. The van der Waals surface area contributed by atoms with E-state index in [4.69, 9.17) is 4.42 Å². The Hall–Kier alpha value is -2.07. The van der Waals surface area contributed by atoms with Crippen molar-refractivity contribution >= 4 is 5.91 Å². The van der Waals surface area contributed by atoms with Crippen molar-refractivity contribution in [1.29, 1.82) is 0 Å². The van der Waals surface area contributed by atoms with Gasteiger partial charge in [-0.15, -0.1) is 0 Å². The summed E-state index contributed by atoms with van der Waals surface area (Å²) in [5.74, 6) is 1.09. The Morgan fingerprint density at radius 2 is 1.83 bits per heavy atom. The SMILES string of the molecule is O=C(NC1C[C@H]2CC[C@@H](C1)N2Cc1ccco1)c1ccccc1. The van der Waals surface area contributed by atoms with E-state index in [-0.39, 0.29) is 11.9 Å². The average molecular weight is 310 g/mol. The zero-order chi connectivity index (χ0) is 15.6. The topological polar surface area (TPSA) is 45.5 Å². The molecule has 2 aromatic rings. The van der Waals surface area contributed by atoms with Gasteiger partial charge in [-0.1, -0.05) is 18.2 Å². The zero-order valence-electron chi connectivity index (χ0n) is 13.2. The van der Waals surface area contributed by atoms with Crippen LogP contribution in [-0.4, -0.2) is 28.9 Å². The first-order valence-electron chi connectivity index (χ1n) is 8.43. The van der Waals surface area contributed by atoms with Gasteiger partial charge in [0, 0.05) is 23.7 Å². The van der Waals surface area contributed by atoms with Crippen LogP contribution in [0.4, 0.5) is 0 Å². The van der Waals surface area contributed by atoms with Gasteiger partial charge in [0.25, 0.3) is 5.91 Å². The van der Waals surface area contributed by atoms with Crippen molar-refractivity contribution in [2.24, 2.45) is 0 Å². The summed E-state index contributed by atoms with van der Waals surface area (Å²) in [4.78, 5) is 14.9. The number of fused-ring (bicyclic) bond motifs is 2. The lowest BCUT2D eigenvalue weighted by molar-refractivity contribution is 0.0806. The minimum Gasteiger partial charge on any atom is -0.468 e. The fourth-order valence-corrected chi connectivity index (χ4v) is 4.09. The molecule has 3 atom stereocenters. The van der Waals surface area contributed by atoms with Crippen molar-refractivity contribution in [3.8, 4) is 0 Å². The second kappa shape index (κ2) is 6.20. The molecular formula is C19H22N2O2. The number of benzene rings is 1. The van der Waals surface area contributed by atoms with Crippen LogP contribution in [0.5, 0.6) is 0 Å². The molecule has 2 saturated heterocycles. The molecule has 2 fully saturated rings. The van der Waals surface area contributed by atoms with E-state index in [1.54, 1.807) is 6.26 Å². The van der Waals surface area contributed by atoms with E-state index in [1.165, 1.54) is 12.8 Å². The fraction of sp³-hybridized carbons (Fsp3) is 0.421. The summed E-state index contributed by atoms with van der Waals surface area (Å²) in [6.07, 6.45) is 6.27. The number of piperidine rings is 1. The first kappa shape index (κ1) is 14.5. The normalized spacial score (nSPS) is 27.0. The van der Waals surface area contributed by atoms with Crippen molar-refractivity contribution < 1.29 is 9.21 Å². The number of carbonyl (C=O) groups is 1. The molecule has 1 amide bonds. The number of rotatable bonds is 4. The zero-order valence-corrected chi connectivity index (χ0v) is 13.2. The van der Waals surface area contributed by atoms with Gasteiger partial charge in [0.15, 0.2) is 0 Å². The Kier molecular flexibility index (Phi) is 3.92. The Balaban J connectivity index is 1.38. The molecule has 4 nitrogen and oxygen atoms in total. The summed E-state index contributed by atoms with van der Waals surface area (Å²) in [7, 11) is 0. The van der Waals surface area contributed by atoms with Crippen LogP contribution in [0.1, 0.15) is 41.8 Å². The minimum atomic E-state index is 0.0504. The second-order valence-electron chi connectivity index (χ2n) is 6.64. The Bertz CT molecular complexity index is 639. The minimum absolute atomic E-state index is 0.0504. The third-order valence-corrected chi connectivity index (χ3v) is 5.17. The van der Waals surface area contributed by atoms with E-state index < -0.39 is 0 Å². The van der Waals surface area contributed by atoms with Gasteiger partial charge >= 0.3 is 0 Å². The number of amides is 1. The molecule has 1 unspecified atom stereocenters. The smallest absolute Gasteiger partial charge is 0.251 e. The van der Waals surface area contributed by atoms with Gasteiger partial charge in [-0.3, -0.25) is 9.69 Å². The first-order valence-corrected chi connectivity index (χ1v) is 8.43. The molecule has 1 aromatic heterocycles. The number of nitrogens with zero attached hydrogens (tertiary/aromatic N) is 1. The van der Waals surface area contributed by atoms with Crippen LogP contribution < -0.4 is 5.32 Å².